The lowest BCUT2D eigenvalue weighted by Gasteiger charge is -2.17. The van der Waals surface area contributed by atoms with E-state index in [0.29, 0.717) is 11.0 Å². The number of hydrogen-bond acceptors (Lipinski definition) is 4. The predicted molar refractivity (Wildman–Crippen MR) is 93.3 cm³/mol. The fraction of sp³-hybridized carbons (Fsp3) is 0.375. The molecule has 110 valence electrons. The highest BCUT2D eigenvalue weighted by Crippen LogP contribution is 2.26. The summed E-state index contributed by atoms with van der Waals surface area (Å²) in [5, 5.41) is 5.60. The van der Waals surface area contributed by atoms with E-state index in [0.717, 1.165) is 30.6 Å². The summed E-state index contributed by atoms with van der Waals surface area (Å²) >= 11 is 6.97. The van der Waals surface area contributed by atoms with Crippen LogP contribution >= 0.6 is 23.6 Å². The van der Waals surface area contributed by atoms with E-state index in [9.17, 15) is 0 Å². The first kappa shape index (κ1) is 14.5. The highest BCUT2D eigenvalue weighted by Gasteiger charge is 2.18. The van der Waals surface area contributed by atoms with E-state index in [2.05, 4.69) is 35.8 Å². The number of nitrogens with one attached hydrogen (secondary N) is 1. The van der Waals surface area contributed by atoms with Crippen molar-refractivity contribution in [2.24, 2.45) is 5.73 Å². The van der Waals surface area contributed by atoms with Gasteiger partial charge in [0.05, 0.1) is 5.56 Å². The van der Waals surface area contributed by atoms with Gasteiger partial charge in [0.1, 0.15) is 10.8 Å². The van der Waals surface area contributed by atoms with Gasteiger partial charge in [-0.3, -0.25) is 0 Å². The largest absolute Gasteiger partial charge is 0.389 e. The van der Waals surface area contributed by atoms with Gasteiger partial charge in [-0.15, -0.1) is 11.3 Å². The minimum Gasteiger partial charge on any atom is -0.389 e. The molecular formula is C16H19N3S2. The van der Waals surface area contributed by atoms with Crippen molar-refractivity contribution in [2.45, 2.75) is 38.6 Å². The second-order valence-corrected chi connectivity index (χ2v) is 7.01. The van der Waals surface area contributed by atoms with E-state index in [1.807, 2.05) is 0 Å². The molecule has 21 heavy (non-hydrogen) atoms. The Hall–Kier alpha value is -1.46. The minimum absolute atomic E-state index is 0.295. The number of anilines is 1. The Kier molecular flexibility index (Phi) is 4.22. The standard InChI is InChI=1S/C16H19N3S2/c1-10(8-12-5-3-7-21-12)18-16-13(15(17)20)9-11-4-2-6-14(11)19-16/h3,5,7,9-10H,2,4,6,8H2,1H3,(H2,17,20)(H,18,19). The number of aromatic nitrogens is 1. The van der Waals surface area contributed by atoms with E-state index >= 15 is 0 Å². The zero-order chi connectivity index (χ0) is 14.8. The molecule has 0 bridgehead atoms. The Morgan fingerprint density at radius 3 is 3.10 bits per heavy atom. The average Bonchev–Trinajstić information content (AvgIpc) is 3.07. The van der Waals surface area contributed by atoms with Crippen LogP contribution in [0.1, 0.15) is 35.0 Å². The number of thiocarbonyl (C=S) groups is 1. The van der Waals surface area contributed by atoms with Gasteiger partial charge in [0.15, 0.2) is 0 Å². The summed E-state index contributed by atoms with van der Waals surface area (Å²) in [4.78, 5) is 6.56. The van der Waals surface area contributed by atoms with Crippen molar-refractivity contribution in [3.05, 3.63) is 45.3 Å². The Balaban J connectivity index is 1.82. The van der Waals surface area contributed by atoms with Crippen molar-refractivity contribution in [3.63, 3.8) is 0 Å². The lowest BCUT2D eigenvalue weighted by atomic mass is 10.1. The van der Waals surface area contributed by atoms with E-state index in [1.54, 1.807) is 11.3 Å². The van der Waals surface area contributed by atoms with Crippen molar-refractivity contribution >= 4 is 34.4 Å². The van der Waals surface area contributed by atoms with Gasteiger partial charge in [-0.25, -0.2) is 4.98 Å². The molecule has 1 aliphatic carbocycles. The molecule has 0 amide bonds. The van der Waals surface area contributed by atoms with Crippen molar-refractivity contribution in [2.75, 3.05) is 5.32 Å². The summed E-state index contributed by atoms with van der Waals surface area (Å²) in [6.45, 7) is 2.16. The number of pyridine rings is 1. The molecule has 0 radical (unpaired) electrons. The molecule has 0 fully saturated rings. The summed E-state index contributed by atoms with van der Waals surface area (Å²) in [5.74, 6) is 0.840. The van der Waals surface area contributed by atoms with Crippen LogP contribution in [0.3, 0.4) is 0 Å². The lowest BCUT2D eigenvalue weighted by molar-refractivity contribution is 0.792. The number of aryl methyl sites for hydroxylation is 2. The number of fused-ring (bicyclic) bond motifs is 1. The summed E-state index contributed by atoms with van der Waals surface area (Å²) in [7, 11) is 0. The minimum atomic E-state index is 0.295. The van der Waals surface area contributed by atoms with Gasteiger partial charge in [-0.2, -0.15) is 0 Å². The molecule has 0 aliphatic heterocycles. The highest BCUT2D eigenvalue weighted by molar-refractivity contribution is 7.80. The van der Waals surface area contributed by atoms with Crippen molar-refractivity contribution < 1.29 is 0 Å². The smallest absolute Gasteiger partial charge is 0.136 e. The van der Waals surface area contributed by atoms with E-state index in [4.69, 9.17) is 22.9 Å². The quantitative estimate of drug-likeness (QED) is 0.831. The van der Waals surface area contributed by atoms with Gasteiger partial charge in [0.25, 0.3) is 0 Å². The molecule has 1 aliphatic rings. The predicted octanol–water partition coefficient (Wildman–Crippen LogP) is 3.31. The summed E-state index contributed by atoms with van der Waals surface area (Å²) in [5.41, 5.74) is 9.25. The second-order valence-electron chi connectivity index (χ2n) is 5.54. The Morgan fingerprint density at radius 2 is 2.38 bits per heavy atom. The van der Waals surface area contributed by atoms with Gasteiger partial charge >= 0.3 is 0 Å². The van der Waals surface area contributed by atoms with Crippen LogP contribution in [0, 0.1) is 0 Å². The van der Waals surface area contributed by atoms with E-state index in [1.165, 1.54) is 22.6 Å². The normalized spacial score (nSPS) is 14.7. The first-order valence-corrected chi connectivity index (χ1v) is 8.54. The van der Waals surface area contributed by atoms with Gasteiger partial charge in [-0.05, 0) is 49.3 Å². The van der Waals surface area contributed by atoms with Crippen molar-refractivity contribution in [3.8, 4) is 0 Å². The molecule has 5 heteroatoms. The van der Waals surface area contributed by atoms with Crippen molar-refractivity contribution in [1.29, 1.82) is 0 Å². The molecule has 3 nitrogen and oxygen atoms in total. The maximum absolute atomic E-state index is 5.87. The summed E-state index contributed by atoms with van der Waals surface area (Å²) in [6, 6.07) is 6.66. The monoisotopic (exact) mass is 317 g/mol. The third-order valence-electron chi connectivity index (χ3n) is 3.79. The topological polar surface area (TPSA) is 50.9 Å². The number of nitrogens with two attached hydrogens (primary N) is 1. The molecule has 2 aromatic heterocycles. The number of rotatable bonds is 5. The zero-order valence-electron chi connectivity index (χ0n) is 12.1. The maximum Gasteiger partial charge on any atom is 0.136 e. The third kappa shape index (κ3) is 3.24. The summed E-state index contributed by atoms with van der Waals surface area (Å²) in [6.07, 6.45) is 4.30. The van der Waals surface area contributed by atoms with Crippen LogP contribution in [0.4, 0.5) is 5.82 Å². The van der Waals surface area contributed by atoms with E-state index < -0.39 is 0 Å². The third-order valence-corrected chi connectivity index (χ3v) is 4.91. The van der Waals surface area contributed by atoms with Crippen LogP contribution in [0.25, 0.3) is 0 Å². The van der Waals surface area contributed by atoms with Crippen molar-refractivity contribution in [1.82, 2.24) is 4.98 Å². The van der Waals surface area contributed by atoms with Gasteiger partial charge in [0, 0.05) is 23.0 Å². The molecule has 2 heterocycles. The van der Waals surface area contributed by atoms with Gasteiger partial charge in [-0.1, -0.05) is 18.3 Å². The molecule has 1 atom stereocenters. The SMILES string of the molecule is CC(Cc1cccs1)Nc1nc2c(cc1C(N)=S)CCC2. The fourth-order valence-electron chi connectivity index (χ4n) is 2.78. The maximum atomic E-state index is 5.87. The van der Waals surface area contributed by atoms with Crippen LogP contribution in [0.5, 0.6) is 0 Å². The van der Waals surface area contributed by atoms with Crippen LogP contribution < -0.4 is 11.1 Å². The van der Waals surface area contributed by atoms with E-state index in [-0.39, 0.29) is 0 Å². The lowest BCUT2D eigenvalue weighted by Crippen LogP contribution is -2.22. The molecule has 0 saturated carbocycles. The zero-order valence-corrected chi connectivity index (χ0v) is 13.7. The van der Waals surface area contributed by atoms with Crippen LogP contribution in [0.2, 0.25) is 0 Å². The summed E-state index contributed by atoms with van der Waals surface area (Å²) < 4.78 is 0. The number of thiophene rings is 1. The van der Waals surface area contributed by atoms with Gasteiger partial charge < -0.3 is 11.1 Å². The molecule has 3 N–H and O–H groups in total. The van der Waals surface area contributed by atoms with Crippen LogP contribution in [-0.4, -0.2) is 16.0 Å². The number of nitrogens with zero attached hydrogens (tertiary/aromatic N) is 1. The molecule has 3 rings (SSSR count). The first-order valence-electron chi connectivity index (χ1n) is 7.25. The number of hydrogen-bond donors (Lipinski definition) is 2. The van der Waals surface area contributed by atoms with Crippen LogP contribution in [-0.2, 0) is 19.3 Å². The molecular weight excluding hydrogens is 298 g/mol. The second kappa shape index (κ2) is 6.12. The van der Waals surface area contributed by atoms with Crippen LogP contribution in [0.15, 0.2) is 23.6 Å². The fourth-order valence-corrected chi connectivity index (χ4v) is 3.78. The molecule has 0 saturated heterocycles. The first-order chi connectivity index (χ1) is 10.1. The molecule has 0 spiro atoms. The highest BCUT2D eigenvalue weighted by atomic mass is 32.1. The average molecular weight is 317 g/mol. The Bertz CT molecular complexity index is 650. The molecule has 1 unspecified atom stereocenters. The Morgan fingerprint density at radius 1 is 1.52 bits per heavy atom. The Labute approximate surface area is 134 Å². The molecule has 2 aromatic rings. The van der Waals surface area contributed by atoms with Gasteiger partial charge in [0.2, 0.25) is 0 Å². The molecule has 0 aromatic carbocycles.